The van der Waals surface area contributed by atoms with Crippen molar-refractivity contribution in [2.45, 2.75) is 47.0 Å². The minimum Gasteiger partial charge on any atom is -0.507 e. The van der Waals surface area contributed by atoms with E-state index in [9.17, 15) is 19.1 Å². The average Bonchev–Trinajstić information content (AvgIpc) is 2.67. The lowest BCUT2D eigenvalue weighted by atomic mass is 9.87. The number of carbonyl (C=O) groups is 2. The predicted molar refractivity (Wildman–Crippen MR) is 116 cm³/mol. The zero-order chi connectivity index (χ0) is 23.2. The third kappa shape index (κ3) is 6.98. The van der Waals surface area contributed by atoms with Gasteiger partial charge in [0.15, 0.2) is 5.78 Å². The SMILES string of the molecule is Cc1c(OCCCCOc2ccc(F)c(C(N)=O)c2)ccc(C(=O)CC(C)(C)C)c1O. The van der Waals surface area contributed by atoms with Crippen molar-refractivity contribution in [1.82, 2.24) is 0 Å². The van der Waals surface area contributed by atoms with Gasteiger partial charge in [-0.05, 0) is 55.5 Å². The number of ketones is 1. The molecule has 2 aromatic rings. The topological polar surface area (TPSA) is 98.9 Å². The largest absolute Gasteiger partial charge is 0.507 e. The number of nitrogens with two attached hydrogens (primary N) is 1. The van der Waals surface area contributed by atoms with Gasteiger partial charge in [-0.2, -0.15) is 0 Å². The summed E-state index contributed by atoms with van der Waals surface area (Å²) in [6.45, 7) is 8.40. The van der Waals surface area contributed by atoms with Crippen LogP contribution in [0.2, 0.25) is 0 Å². The second-order valence-electron chi connectivity index (χ2n) is 8.66. The third-order valence-corrected chi connectivity index (χ3v) is 4.64. The molecule has 2 rings (SSSR count). The Kier molecular flexibility index (Phi) is 8.02. The van der Waals surface area contributed by atoms with Crippen molar-refractivity contribution in [3.8, 4) is 17.2 Å². The van der Waals surface area contributed by atoms with E-state index in [1.165, 1.54) is 12.1 Å². The summed E-state index contributed by atoms with van der Waals surface area (Å²) in [5.74, 6) is -0.782. The first-order chi connectivity index (χ1) is 14.5. The van der Waals surface area contributed by atoms with Crippen LogP contribution in [0.5, 0.6) is 17.2 Å². The van der Waals surface area contributed by atoms with Crippen LogP contribution in [0.15, 0.2) is 30.3 Å². The number of phenolic OH excluding ortho intramolecular Hbond substituents is 1. The van der Waals surface area contributed by atoms with E-state index in [1.807, 2.05) is 20.8 Å². The van der Waals surface area contributed by atoms with Gasteiger partial charge in [0, 0.05) is 12.0 Å². The zero-order valence-electron chi connectivity index (χ0n) is 18.5. The molecule has 3 N–H and O–H groups in total. The van der Waals surface area contributed by atoms with Crippen molar-refractivity contribution >= 4 is 11.7 Å². The Morgan fingerprint density at radius 2 is 1.68 bits per heavy atom. The number of hydrogen-bond donors (Lipinski definition) is 2. The molecule has 2 aromatic carbocycles. The quantitative estimate of drug-likeness (QED) is 0.416. The monoisotopic (exact) mass is 431 g/mol. The number of rotatable bonds is 10. The summed E-state index contributed by atoms with van der Waals surface area (Å²) in [5.41, 5.74) is 5.59. The summed E-state index contributed by atoms with van der Waals surface area (Å²) in [5, 5.41) is 10.4. The lowest BCUT2D eigenvalue weighted by Crippen LogP contribution is -2.13. The lowest BCUT2D eigenvalue weighted by Gasteiger charge is -2.18. The Morgan fingerprint density at radius 1 is 1.03 bits per heavy atom. The van der Waals surface area contributed by atoms with Crippen molar-refractivity contribution in [2.75, 3.05) is 13.2 Å². The summed E-state index contributed by atoms with van der Waals surface area (Å²) < 4.78 is 24.7. The Morgan fingerprint density at radius 3 is 2.29 bits per heavy atom. The number of hydrogen-bond acceptors (Lipinski definition) is 5. The number of unbranched alkanes of at least 4 members (excludes halogenated alkanes) is 1. The van der Waals surface area contributed by atoms with Crippen LogP contribution >= 0.6 is 0 Å². The Labute approximate surface area is 182 Å². The normalized spacial score (nSPS) is 11.3. The van der Waals surface area contributed by atoms with Gasteiger partial charge in [0.1, 0.15) is 23.1 Å². The molecular weight excluding hydrogens is 401 g/mol. The van der Waals surface area contributed by atoms with Crippen molar-refractivity contribution < 1.29 is 28.6 Å². The van der Waals surface area contributed by atoms with Crippen molar-refractivity contribution in [2.24, 2.45) is 11.1 Å². The molecule has 7 heteroatoms. The molecule has 0 atom stereocenters. The van der Waals surface area contributed by atoms with E-state index >= 15 is 0 Å². The molecule has 6 nitrogen and oxygen atoms in total. The number of amides is 1. The minimum absolute atomic E-state index is 0.0448. The van der Waals surface area contributed by atoms with Crippen LogP contribution in [0, 0.1) is 18.2 Å². The molecule has 0 bridgehead atoms. The van der Waals surface area contributed by atoms with Gasteiger partial charge in [-0.1, -0.05) is 20.8 Å². The first-order valence-electron chi connectivity index (χ1n) is 10.2. The summed E-state index contributed by atoms with van der Waals surface area (Å²) in [7, 11) is 0. The van der Waals surface area contributed by atoms with Gasteiger partial charge in [0.05, 0.1) is 24.3 Å². The molecule has 0 saturated heterocycles. The molecule has 0 fully saturated rings. The Bertz CT molecular complexity index is 950. The van der Waals surface area contributed by atoms with E-state index in [0.717, 1.165) is 6.07 Å². The van der Waals surface area contributed by atoms with E-state index in [-0.39, 0.29) is 22.5 Å². The number of phenols is 1. The Hall–Kier alpha value is -3.09. The van der Waals surface area contributed by atoms with Crippen molar-refractivity contribution in [1.29, 1.82) is 0 Å². The highest BCUT2D eigenvalue weighted by Crippen LogP contribution is 2.33. The van der Waals surface area contributed by atoms with Crippen molar-refractivity contribution in [3.63, 3.8) is 0 Å². The molecule has 0 radical (unpaired) electrons. The highest BCUT2D eigenvalue weighted by atomic mass is 19.1. The molecule has 168 valence electrons. The molecule has 0 heterocycles. The minimum atomic E-state index is -0.846. The standard InChI is InChI=1S/C24H30FNO5/c1-15-21(10-8-17(22(15)28)20(27)14-24(2,3)4)31-12-6-5-11-30-16-7-9-19(25)18(13-16)23(26)29/h7-10,13,28H,5-6,11-12,14H2,1-4H3,(H2,26,29). The highest BCUT2D eigenvalue weighted by Gasteiger charge is 2.21. The van der Waals surface area contributed by atoms with Crippen LogP contribution in [-0.4, -0.2) is 30.0 Å². The van der Waals surface area contributed by atoms with Crippen LogP contribution < -0.4 is 15.2 Å². The van der Waals surface area contributed by atoms with E-state index < -0.39 is 11.7 Å². The molecular formula is C24H30FNO5. The smallest absolute Gasteiger partial charge is 0.251 e. The Balaban J connectivity index is 1.82. The molecule has 0 unspecified atom stereocenters. The number of halogens is 1. The number of benzene rings is 2. The second kappa shape index (κ2) is 10.3. The highest BCUT2D eigenvalue weighted by molar-refractivity contribution is 5.99. The maximum absolute atomic E-state index is 13.5. The molecule has 0 saturated carbocycles. The van der Waals surface area contributed by atoms with Crippen LogP contribution in [-0.2, 0) is 0 Å². The summed E-state index contributed by atoms with van der Waals surface area (Å²) >= 11 is 0. The van der Waals surface area contributed by atoms with E-state index in [1.54, 1.807) is 19.1 Å². The molecule has 0 aliphatic rings. The number of Topliss-reactive ketones (excluding diaryl/α,β-unsaturated/α-hetero) is 1. The van der Waals surface area contributed by atoms with Gasteiger partial charge >= 0.3 is 0 Å². The van der Waals surface area contributed by atoms with Crippen LogP contribution in [0.1, 0.15) is 66.3 Å². The molecule has 0 spiro atoms. The fourth-order valence-corrected chi connectivity index (χ4v) is 3.00. The molecule has 0 aromatic heterocycles. The number of primary amides is 1. The molecule has 0 aliphatic heterocycles. The van der Waals surface area contributed by atoms with Gasteiger partial charge in [0.2, 0.25) is 0 Å². The van der Waals surface area contributed by atoms with E-state index in [0.29, 0.717) is 55.1 Å². The van der Waals surface area contributed by atoms with Gasteiger partial charge < -0.3 is 20.3 Å². The summed E-state index contributed by atoms with van der Waals surface area (Å²) in [4.78, 5) is 23.6. The number of ether oxygens (including phenoxy) is 2. The third-order valence-electron chi connectivity index (χ3n) is 4.64. The second-order valence-corrected chi connectivity index (χ2v) is 8.66. The fraction of sp³-hybridized carbons (Fsp3) is 0.417. The first kappa shape index (κ1) is 24.2. The number of aromatic hydroxyl groups is 1. The van der Waals surface area contributed by atoms with Gasteiger partial charge in [-0.3, -0.25) is 9.59 Å². The molecule has 0 aliphatic carbocycles. The number of carbonyl (C=O) groups excluding carboxylic acids is 2. The first-order valence-corrected chi connectivity index (χ1v) is 10.2. The fourth-order valence-electron chi connectivity index (χ4n) is 3.00. The van der Waals surface area contributed by atoms with E-state index in [2.05, 4.69) is 0 Å². The van der Waals surface area contributed by atoms with Gasteiger partial charge in [-0.25, -0.2) is 4.39 Å². The van der Waals surface area contributed by atoms with Gasteiger partial charge in [0.25, 0.3) is 5.91 Å². The summed E-state index contributed by atoms with van der Waals surface area (Å²) in [6, 6.07) is 7.16. The van der Waals surface area contributed by atoms with Crippen LogP contribution in [0.3, 0.4) is 0 Å². The van der Waals surface area contributed by atoms with Crippen molar-refractivity contribution in [3.05, 3.63) is 52.8 Å². The van der Waals surface area contributed by atoms with E-state index in [4.69, 9.17) is 15.2 Å². The average molecular weight is 432 g/mol. The zero-order valence-corrected chi connectivity index (χ0v) is 18.5. The maximum atomic E-state index is 13.5. The predicted octanol–water partition coefficient (Wildman–Crippen LogP) is 4.80. The van der Waals surface area contributed by atoms with Gasteiger partial charge in [-0.15, -0.1) is 0 Å². The molecule has 1 amide bonds. The summed E-state index contributed by atoms with van der Waals surface area (Å²) in [6.07, 6.45) is 1.68. The lowest BCUT2D eigenvalue weighted by molar-refractivity contribution is 0.0935. The maximum Gasteiger partial charge on any atom is 0.251 e. The van der Waals surface area contributed by atoms with Crippen LogP contribution in [0.4, 0.5) is 4.39 Å². The molecule has 31 heavy (non-hydrogen) atoms. The van der Waals surface area contributed by atoms with Crippen LogP contribution in [0.25, 0.3) is 0 Å².